The van der Waals surface area contributed by atoms with Crippen LogP contribution in [0.1, 0.15) is 22.3 Å². The number of methoxy groups -OCH3 is 1. The van der Waals surface area contributed by atoms with Gasteiger partial charge in [-0.2, -0.15) is 0 Å². The number of carbonyl (C=O) groups excluding carboxylic acids is 3. The summed E-state index contributed by atoms with van der Waals surface area (Å²) in [6, 6.07) is 24.0. The Morgan fingerprint density at radius 2 is 1.68 bits per heavy atom. The van der Waals surface area contributed by atoms with Crippen molar-refractivity contribution in [2.75, 3.05) is 30.4 Å². The molecule has 4 rings (SSSR count). The number of benzene rings is 3. The smallest absolute Gasteiger partial charge is 0.253 e. The topological polar surface area (TPSA) is 87.7 Å². The third-order valence-electron chi connectivity index (χ3n) is 5.85. The highest BCUT2D eigenvalue weighted by atomic mass is 16.5. The van der Waals surface area contributed by atoms with Crippen molar-refractivity contribution in [2.24, 2.45) is 5.92 Å². The molecule has 0 spiro atoms. The predicted molar refractivity (Wildman–Crippen MR) is 131 cm³/mol. The molecule has 1 aliphatic heterocycles. The van der Waals surface area contributed by atoms with E-state index < -0.39 is 5.92 Å². The number of hydrogen-bond acceptors (Lipinski definition) is 4. The number of nitrogens with zero attached hydrogens (tertiary/aromatic N) is 1. The van der Waals surface area contributed by atoms with Gasteiger partial charge in [-0.25, -0.2) is 0 Å². The highest BCUT2D eigenvalue weighted by molar-refractivity contribution is 6.07. The van der Waals surface area contributed by atoms with E-state index in [9.17, 15) is 14.4 Å². The van der Waals surface area contributed by atoms with E-state index >= 15 is 0 Å². The van der Waals surface area contributed by atoms with Crippen LogP contribution in [0, 0.1) is 5.92 Å². The number of hydrogen-bond donors (Lipinski definition) is 2. The van der Waals surface area contributed by atoms with E-state index in [0.29, 0.717) is 30.0 Å². The molecule has 1 heterocycles. The number of rotatable bonds is 8. The lowest BCUT2D eigenvalue weighted by molar-refractivity contribution is -0.122. The third-order valence-corrected chi connectivity index (χ3v) is 5.85. The number of amides is 3. The van der Waals surface area contributed by atoms with Gasteiger partial charge in [0.25, 0.3) is 5.91 Å². The fourth-order valence-electron chi connectivity index (χ4n) is 3.98. The first-order chi connectivity index (χ1) is 16.5. The highest BCUT2D eigenvalue weighted by Gasteiger charge is 2.35. The van der Waals surface area contributed by atoms with Crippen molar-refractivity contribution in [3.63, 3.8) is 0 Å². The van der Waals surface area contributed by atoms with E-state index in [1.165, 1.54) is 0 Å². The lowest BCUT2D eigenvalue weighted by Gasteiger charge is -2.17. The third kappa shape index (κ3) is 5.43. The van der Waals surface area contributed by atoms with Crippen LogP contribution in [0.25, 0.3) is 0 Å². The number of ether oxygens (including phenoxy) is 1. The van der Waals surface area contributed by atoms with Gasteiger partial charge in [0.15, 0.2) is 0 Å². The molecule has 34 heavy (non-hydrogen) atoms. The second-order valence-electron chi connectivity index (χ2n) is 8.13. The lowest BCUT2D eigenvalue weighted by atomic mass is 10.1. The molecule has 0 aromatic heterocycles. The molecule has 0 bridgehead atoms. The number of anilines is 2. The molecule has 0 saturated carbocycles. The van der Waals surface area contributed by atoms with Crippen LogP contribution in [-0.4, -0.2) is 37.9 Å². The molecule has 7 nitrogen and oxygen atoms in total. The first-order valence-corrected chi connectivity index (χ1v) is 11.2. The van der Waals surface area contributed by atoms with Gasteiger partial charge in [-0.1, -0.05) is 42.5 Å². The van der Waals surface area contributed by atoms with Crippen LogP contribution in [-0.2, 0) is 16.0 Å². The van der Waals surface area contributed by atoms with Crippen molar-refractivity contribution in [1.82, 2.24) is 5.32 Å². The van der Waals surface area contributed by atoms with Gasteiger partial charge >= 0.3 is 0 Å². The maximum Gasteiger partial charge on any atom is 0.253 e. The number of nitrogens with one attached hydrogen (secondary N) is 2. The Labute approximate surface area is 198 Å². The molecule has 1 atom stereocenters. The average Bonchev–Trinajstić information content (AvgIpc) is 3.26. The average molecular weight is 458 g/mol. The van der Waals surface area contributed by atoms with Crippen LogP contribution in [0.15, 0.2) is 78.9 Å². The Balaban J connectivity index is 1.37. The van der Waals surface area contributed by atoms with E-state index in [2.05, 4.69) is 10.6 Å². The molecule has 0 radical (unpaired) electrons. The Morgan fingerprint density at radius 3 is 2.41 bits per heavy atom. The van der Waals surface area contributed by atoms with Crippen molar-refractivity contribution in [1.29, 1.82) is 0 Å². The molecule has 1 saturated heterocycles. The Morgan fingerprint density at radius 1 is 0.971 bits per heavy atom. The van der Waals surface area contributed by atoms with Crippen molar-refractivity contribution in [3.8, 4) is 5.75 Å². The van der Waals surface area contributed by atoms with Crippen molar-refractivity contribution in [3.05, 3.63) is 90.0 Å². The maximum atomic E-state index is 13.0. The van der Waals surface area contributed by atoms with Gasteiger partial charge in [-0.05, 0) is 48.4 Å². The van der Waals surface area contributed by atoms with Gasteiger partial charge in [0, 0.05) is 25.2 Å². The first-order valence-electron chi connectivity index (χ1n) is 11.2. The minimum atomic E-state index is -0.510. The minimum Gasteiger partial charge on any atom is -0.497 e. The summed E-state index contributed by atoms with van der Waals surface area (Å²) in [5.74, 6) is -0.465. The largest absolute Gasteiger partial charge is 0.497 e. The summed E-state index contributed by atoms with van der Waals surface area (Å²) in [7, 11) is 1.58. The maximum absolute atomic E-state index is 13.0. The van der Waals surface area contributed by atoms with Gasteiger partial charge in [0.1, 0.15) is 5.75 Å². The SMILES string of the molecule is COc1ccc(N2C[C@H](C(=O)Nc3ccccc3C(=O)NCCc3ccccc3)CC2=O)cc1. The summed E-state index contributed by atoms with van der Waals surface area (Å²) < 4.78 is 5.16. The van der Waals surface area contributed by atoms with Crippen LogP contribution in [0.5, 0.6) is 5.75 Å². The molecule has 0 unspecified atom stereocenters. The van der Waals surface area contributed by atoms with Crippen LogP contribution in [0.2, 0.25) is 0 Å². The molecule has 3 aromatic rings. The van der Waals surface area contributed by atoms with Crippen LogP contribution in [0.4, 0.5) is 11.4 Å². The second-order valence-corrected chi connectivity index (χ2v) is 8.13. The summed E-state index contributed by atoms with van der Waals surface area (Å²) in [4.78, 5) is 39.9. The molecular formula is C27H27N3O4. The molecule has 7 heteroatoms. The summed E-state index contributed by atoms with van der Waals surface area (Å²) in [6.07, 6.45) is 0.829. The molecule has 3 amide bonds. The van der Waals surface area contributed by atoms with Gasteiger partial charge in [-0.3, -0.25) is 14.4 Å². The van der Waals surface area contributed by atoms with Crippen molar-refractivity contribution < 1.29 is 19.1 Å². The zero-order valence-electron chi connectivity index (χ0n) is 19.0. The van der Waals surface area contributed by atoms with Gasteiger partial charge in [-0.15, -0.1) is 0 Å². The summed E-state index contributed by atoms with van der Waals surface area (Å²) in [5, 5.41) is 5.77. The predicted octanol–water partition coefficient (Wildman–Crippen LogP) is 3.66. The Hall–Kier alpha value is -4.13. The van der Waals surface area contributed by atoms with Crippen LogP contribution >= 0.6 is 0 Å². The molecule has 2 N–H and O–H groups in total. The van der Waals surface area contributed by atoms with Gasteiger partial charge in [0.2, 0.25) is 11.8 Å². The van der Waals surface area contributed by atoms with E-state index in [0.717, 1.165) is 11.3 Å². The normalized spacial score (nSPS) is 15.1. The lowest BCUT2D eigenvalue weighted by Crippen LogP contribution is -2.30. The first kappa shape index (κ1) is 23.0. The monoisotopic (exact) mass is 457 g/mol. The summed E-state index contributed by atoms with van der Waals surface area (Å²) in [6.45, 7) is 0.765. The molecule has 1 aliphatic rings. The molecular weight excluding hydrogens is 430 g/mol. The van der Waals surface area contributed by atoms with Crippen molar-refractivity contribution in [2.45, 2.75) is 12.8 Å². The zero-order chi connectivity index (χ0) is 23.9. The van der Waals surface area contributed by atoms with Crippen molar-refractivity contribution >= 4 is 29.1 Å². The quantitative estimate of drug-likeness (QED) is 0.540. The van der Waals surface area contributed by atoms with Crippen LogP contribution < -0.4 is 20.3 Å². The van der Waals surface area contributed by atoms with Gasteiger partial charge < -0.3 is 20.3 Å². The highest BCUT2D eigenvalue weighted by Crippen LogP contribution is 2.28. The summed E-state index contributed by atoms with van der Waals surface area (Å²) in [5.41, 5.74) is 2.68. The number of para-hydroxylation sites is 1. The van der Waals surface area contributed by atoms with E-state index in [-0.39, 0.29) is 30.7 Å². The number of carbonyl (C=O) groups is 3. The minimum absolute atomic E-state index is 0.114. The summed E-state index contributed by atoms with van der Waals surface area (Å²) >= 11 is 0. The Bertz CT molecular complexity index is 1160. The molecule has 174 valence electrons. The standard InChI is InChI=1S/C27H27N3O4/c1-34-22-13-11-21(12-14-22)30-18-20(17-25(30)31)26(32)29-24-10-6-5-9-23(24)27(33)28-16-15-19-7-3-2-4-8-19/h2-14,20H,15-18H2,1H3,(H,28,33)(H,29,32)/t20-/m1/s1. The molecule has 3 aromatic carbocycles. The van der Waals surface area contributed by atoms with Crippen LogP contribution in [0.3, 0.4) is 0 Å². The second kappa shape index (κ2) is 10.7. The fourth-order valence-corrected chi connectivity index (χ4v) is 3.98. The fraction of sp³-hybridized carbons (Fsp3) is 0.222. The Kier molecular flexibility index (Phi) is 7.22. The van der Waals surface area contributed by atoms with E-state index in [4.69, 9.17) is 4.74 Å². The van der Waals surface area contributed by atoms with E-state index in [1.807, 2.05) is 30.3 Å². The molecule has 1 fully saturated rings. The zero-order valence-corrected chi connectivity index (χ0v) is 19.0. The molecule has 0 aliphatic carbocycles. The van der Waals surface area contributed by atoms with Gasteiger partial charge in [0.05, 0.1) is 24.3 Å². The van der Waals surface area contributed by atoms with E-state index in [1.54, 1.807) is 60.5 Å².